The summed E-state index contributed by atoms with van der Waals surface area (Å²) in [5.41, 5.74) is 0.982. The molecule has 0 bridgehead atoms. The highest BCUT2D eigenvalue weighted by Gasteiger charge is 2.50. The molecule has 15 nitrogen and oxygen atoms in total. The maximum atomic E-state index is 11.3. The molecular formula is C25H37N9O6. The number of aliphatic hydroxyl groups is 1. The Balaban J connectivity index is 1.45. The third kappa shape index (κ3) is 5.87. The highest BCUT2D eigenvalue weighted by molar-refractivity contribution is 5.84. The summed E-state index contributed by atoms with van der Waals surface area (Å²) in [6.45, 7) is 11.1. The molecular weight excluding hydrogens is 522 g/mol. The Morgan fingerprint density at radius 2 is 2.00 bits per heavy atom. The van der Waals surface area contributed by atoms with Crippen molar-refractivity contribution in [3.8, 4) is 0 Å². The summed E-state index contributed by atoms with van der Waals surface area (Å²) in [6.07, 6.45) is -0.383. The smallest absolute Gasteiger partial charge is 0.293 e. The van der Waals surface area contributed by atoms with Crippen molar-refractivity contribution in [1.29, 1.82) is 0 Å². The van der Waals surface area contributed by atoms with Gasteiger partial charge >= 0.3 is 0 Å². The third-order valence-corrected chi connectivity index (χ3v) is 7.31. The summed E-state index contributed by atoms with van der Waals surface area (Å²) in [5.74, 6) is 1.60. The van der Waals surface area contributed by atoms with Gasteiger partial charge in [-0.05, 0) is 12.8 Å². The molecule has 3 aromatic rings. The van der Waals surface area contributed by atoms with E-state index in [0.717, 1.165) is 45.7 Å². The molecule has 40 heavy (non-hydrogen) atoms. The molecule has 15 heteroatoms. The van der Waals surface area contributed by atoms with Crippen LogP contribution >= 0.6 is 0 Å². The van der Waals surface area contributed by atoms with Crippen LogP contribution in [0.25, 0.3) is 11.2 Å². The van der Waals surface area contributed by atoms with Crippen LogP contribution in [0.5, 0.6) is 0 Å². The quantitative estimate of drug-likeness (QED) is 0.255. The zero-order chi connectivity index (χ0) is 28.1. The lowest BCUT2D eigenvalue weighted by Gasteiger charge is -2.26. The van der Waals surface area contributed by atoms with Crippen LogP contribution in [0.4, 0.5) is 11.8 Å². The molecule has 218 valence electrons. The van der Waals surface area contributed by atoms with Crippen molar-refractivity contribution in [1.82, 2.24) is 34.6 Å². The molecule has 0 spiro atoms. The lowest BCUT2D eigenvalue weighted by atomic mass is 10.1. The van der Waals surface area contributed by atoms with Crippen LogP contribution in [0, 0.1) is 0 Å². The van der Waals surface area contributed by atoms with Gasteiger partial charge in [-0.25, -0.2) is 4.98 Å². The molecule has 3 aromatic heterocycles. The lowest BCUT2D eigenvalue weighted by molar-refractivity contribution is -0.140. The Kier molecular flexibility index (Phi) is 9.04. The number of hydrogen-bond acceptors (Lipinski definition) is 14. The minimum absolute atomic E-state index is 0.117. The second-order valence-corrected chi connectivity index (χ2v) is 9.80. The third-order valence-electron chi connectivity index (χ3n) is 7.31. The average Bonchev–Trinajstić information content (AvgIpc) is 3.70. The van der Waals surface area contributed by atoms with Crippen molar-refractivity contribution >= 4 is 29.4 Å². The second-order valence-electron chi connectivity index (χ2n) is 9.80. The van der Waals surface area contributed by atoms with Gasteiger partial charge in [0.15, 0.2) is 41.2 Å². The molecule has 0 aliphatic carbocycles. The first-order chi connectivity index (χ1) is 19.6. The summed E-state index contributed by atoms with van der Waals surface area (Å²) in [6, 6.07) is 0.192. The van der Waals surface area contributed by atoms with Gasteiger partial charge in [-0.2, -0.15) is 15.0 Å². The molecule has 2 aliphatic heterocycles. The predicted octanol–water partition coefficient (Wildman–Crippen LogP) is 1.29. The second kappa shape index (κ2) is 12.8. The van der Waals surface area contributed by atoms with Crippen molar-refractivity contribution in [3.05, 3.63) is 18.0 Å². The highest BCUT2D eigenvalue weighted by atomic mass is 16.6. The molecule has 3 N–H and O–H groups in total. The highest BCUT2D eigenvalue weighted by Crippen LogP contribution is 2.41. The van der Waals surface area contributed by atoms with Gasteiger partial charge in [-0.3, -0.25) is 14.3 Å². The number of nitrogens with zero attached hydrogens (tertiary/aromatic N) is 7. The fourth-order valence-corrected chi connectivity index (χ4v) is 4.94. The van der Waals surface area contributed by atoms with E-state index < -0.39 is 24.5 Å². The molecule has 2 aliphatic rings. The van der Waals surface area contributed by atoms with Gasteiger partial charge in [0.1, 0.15) is 6.10 Å². The van der Waals surface area contributed by atoms with Crippen LogP contribution < -0.4 is 10.6 Å². The number of fused-ring (bicyclic) bond motifs is 1. The van der Waals surface area contributed by atoms with E-state index in [9.17, 15) is 9.90 Å². The maximum Gasteiger partial charge on any atom is 0.293 e. The zero-order valence-electron chi connectivity index (χ0n) is 23.0. The number of carbonyl (C=O) groups excluding carboxylic acids is 1. The molecule has 0 saturated carbocycles. The van der Waals surface area contributed by atoms with Crippen molar-refractivity contribution in [2.24, 2.45) is 0 Å². The maximum absolute atomic E-state index is 11.3. The van der Waals surface area contributed by atoms with E-state index in [4.69, 9.17) is 28.7 Å². The SMILES string of the molecule is CCc1noc([C@H]2O[C@@H](n3cnc4c(NC(CC)CC)nc(NCCN5CCOCC5)nc43)[C@H](O)[C@@H]2OC=O)n1. The van der Waals surface area contributed by atoms with E-state index >= 15 is 0 Å². The van der Waals surface area contributed by atoms with E-state index in [1.165, 1.54) is 6.33 Å². The van der Waals surface area contributed by atoms with Crippen molar-refractivity contribution < 1.29 is 28.6 Å². The van der Waals surface area contributed by atoms with E-state index in [2.05, 4.69) is 44.5 Å². The molecule has 0 amide bonds. The summed E-state index contributed by atoms with van der Waals surface area (Å²) in [7, 11) is 0. The number of nitrogens with one attached hydrogen (secondary N) is 2. The van der Waals surface area contributed by atoms with Gasteiger partial charge in [-0.1, -0.05) is 25.9 Å². The number of hydrogen-bond donors (Lipinski definition) is 3. The fourth-order valence-electron chi connectivity index (χ4n) is 4.94. The number of anilines is 2. The van der Waals surface area contributed by atoms with Crippen molar-refractivity contribution in [2.45, 2.75) is 70.6 Å². The van der Waals surface area contributed by atoms with Gasteiger partial charge in [0.2, 0.25) is 5.95 Å². The Morgan fingerprint density at radius 3 is 2.70 bits per heavy atom. The Hall–Kier alpha value is -3.40. The standard InChI is InChI=1S/C25H37N9O6/c1-4-15(5-2)28-21-17-22(31-25(30-21)26-7-8-33-9-11-37-12-10-33)34(13-27-17)24-18(36)19(38-14-35)20(39-24)23-29-16(6-3)32-40-23/h13-15,18-20,24,36H,4-12H2,1-3H3,(H2,26,28,30,31)/t18-,19+,20+,24-/m1/s1. The van der Waals surface area contributed by atoms with Gasteiger partial charge in [0.25, 0.3) is 12.4 Å². The van der Waals surface area contributed by atoms with Gasteiger partial charge < -0.3 is 34.5 Å². The molecule has 0 aromatic carbocycles. The zero-order valence-corrected chi connectivity index (χ0v) is 23.0. The largest absolute Gasteiger partial charge is 0.458 e. The minimum Gasteiger partial charge on any atom is -0.458 e. The van der Waals surface area contributed by atoms with Crippen LogP contribution in [0.3, 0.4) is 0 Å². The summed E-state index contributed by atoms with van der Waals surface area (Å²) >= 11 is 0. The van der Waals surface area contributed by atoms with E-state index in [1.54, 1.807) is 4.57 Å². The normalized spacial score (nSPS) is 23.6. The molecule has 0 radical (unpaired) electrons. The first kappa shape index (κ1) is 28.1. The average molecular weight is 560 g/mol. The Bertz CT molecular complexity index is 1260. The monoisotopic (exact) mass is 559 g/mol. The summed E-state index contributed by atoms with van der Waals surface area (Å²) in [5, 5.41) is 21.9. The number of rotatable bonds is 13. The molecule has 5 heterocycles. The predicted molar refractivity (Wildman–Crippen MR) is 143 cm³/mol. The number of ether oxygens (including phenoxy) is 3. The fraction of sp³-hybridized carbons (Fsp3) is 0.680. The van der Waals surface area contributed by atoms with Crippen LogP contribution in [-0.4, -0.2) is 104 Å². The molecule has 2 saturated heterocycles. The number of aryl methyl sites for hydroxylation is 1. The molecule has 2 fully saturated rings. The van der Waals surface area contributed by atoms with Crippen molar-refractivity contribution in [2.75, 3.05) is 50.0 Å². The van der Waals surface area contributed by atoms with Crippen LogP contribution in [0.15, 0.2) is 10.9 Å². The first-order valence-corrected chi connectivity index (χ1v) is 13.9. The number of morpholine rings is 1. The van der Waals surface area contributed by atoms with E-state index in [0.29, 0.717) is 41.7 Å². The number of aliphatic hydroxyl groups excluding tert-OH is 1. The molecule has 4 atom stereocenters. The molecule has 0 unspecified atom stereocenters. The van der Waals surface area contributed by atoms with Crippen LogP contribution in [0.2, 0.25) is 0 Å². The number of aromatic nitrogens is 6. The Morgan fingerprint density at radius 1 is 1.20 bits per heavy atom. The minimum atomic E-state index is -1.26. The van der Waals surface area contributed by atoms with Crippen LogP contribution in [-0.2, 0) is 25.4 Å². The van der Waals surface area contributed by atoms with Crippen molar-refractivity contribution in [3.63, 3.8) is 0 Å². The summed E-state index contributed by atoms with van der Waals surface area (Å²) < 4.78 is 23.8. The van der Waals surface area contributed by atoms with Gasteiger partial charge in [0.05, 0.1) is 19.5 Å². The number of imidazole rings is 1. The van der Waals surface area contributed by atoms with Gasteiger partial charge in [0, 0.05) is 38.6 Å². The molecule has 5 rings (SSSR count). The summed E-state index contributed by atoms with van der Waals surface area (Å²) in [4.78, 5) is 32.0. The first-order valence-electron chi connectivity index (χ1n) is 13.9. The topological polar surface area (TPSA) is 175 Å². The van der Waals surface area contributed by atoms with Gasteiger partial charge in [-0.15, -0.1) is 0 Å². The van der Waals surface area contributed by atoms with Crippen LogP contribution in [0.1, 0.15) is 57.7 Å². The number of carbonyl (C=O) groups is 1. The lowest BCUT2D eigenvalue weighted by Crippen LogP contribution is -2.39. The van der Waals surface area contributed by atoms with E-state index in [-0.39, 0.29) is 18.4 Å². The van der Waals surface area contributed by atoms with E-state index in [1.807, 2.05) is 6.92 Å². The Labute approximate surface area is 231 Å².